The van der Waals surface area contributed by atoms with Gasteiger partial charge in [0, 0.05) is 30.4 Å². The van der Waals surface area contributed by atoms with Gasteiger partial charge >= 0.3 is 12.5 Å². The number of pyridine rings is 1. The van der Waals surface area contributed by atoms with Crippen molar-refractivity contribution in [3.63, 3.8) is 0 Å². The Labute approximate surface area is 240 Å². The van der Waals surface area contributed by atoms with E-state index in [0.717, 1.165) is 17.7 Å². The molecule has 0 fully saturated rings. The monoisotopic (exact) mass is 625 g/mol. The number of rotatable bonds is 5. The van der Waals surface area contributed by atoms with Gasteiger partial charge in [0.2, 0.25) is 6.47 Å². The quantitative estimate of drug-likeness (QED) is 0.190. The zero-order valence-electron chi connectivity index (χ0n) is 21.1. The maximum atomic E-state index is 13.3. The number of hydrogen-bond donors (Lipinski definition) is 1. The number of ketones is 1. The molecule has 3 N–H and O–H groups in total. The zero-order chi connectivity index (χ0) is 30.0. The van der Waals surface area contributed by atoms with Crippen LogP contribution in [0.4, 0.5) is 37.8 Å². The lowest BCUT2D eigenvalue weighted by atomic mass is 10.0. The second-order valence-electron chi connectivity index (χ2n) is 8.61. The highest BCUT2D eigenvalue weighted by molar-refractivity contribution is 7.59. The first kappa shape index (κ1) is 33.4. The van der Waals surface area contributed by atoms with Crippen LogP contribution in [-0.2, 0) is 17.4 Å². The molecule has 0 saturated carbocycles. The summed E-state index contributed by atoms with van der Waals surface area (Å²) < 4.78 is 74.0. The Morgan fingerprint density at radius 2 is 1.85 bits per heavy atom. The Hall–Kier alpha value is -3.79. The number of nitrogens with two attached hydrogens (primary N) is 1. The Kier molecular flexibility index (Phi) is 10.4. The van der Waals surface area contributed by atoms with E-state index in [1.807, 2.05) is 6.92 Å². The van der Waals surface area contributed by atoms with Gasteiger partial charge in [0.1, 0.15) is 11.5 Å². The molecular formula is C24H22ClF6N5O4S. The van der Waals surface area contributed by atoms with Gasteiger partial charge in [0.15, 0.2) is 5.78 Å². The molecule has 9 nitrogen and oxygen atoms in total. The lowest BCUT2D eigenvalue weighted by molar-refractivity contribution is -0.351. The molecule has 1 atom stereocenters. The van der Waals surface area contributed by atoms with Crippen molar-refractivity contribution in [2.75, 3.05) is 17.2 Å². The predicted octanol–water partition coefficient (Wildman–Crippen LogP) is 4.70. The van der Waals surface area contributed by atoms with E-state index in [1.54, 1.807) is 19.2 Å². The number of benzene rings is 1. The standard InChI is InChI=1S/C22H19ClF3N5O2.C2HF3O2.H2S/c1-11-5-15(20(27)28-8-11)18(32)6-13-9-29-31-12(2)10-30(21(33)19(13)31)14-3-4-16(17(23)7-14)22(24,25)26;3-2(4,5)7-1-6;/h3-5,7-9,12H,6,10H2,1-2H3,(H2,27,28);7H;1H2/t12-;;/m0../s1. The van der Waals surface area contributed by atoms with Gasteiger partial charge in [0.25, 0.3) is 5.91 Å². The fourth-order valence-electron chi connectivity index (χ4n) is 3.90. The van der Waals surface area contributed by atoms with Gasteiger partial charge in [-0.2, -0.15) is 31.8 Å². The largest absolute Gasteiger partial charge is 0.640 e. The molecule has 4 rings (SSSR count). The predicted molar refractivity (Wildman–Crippen MR) is 141 cm³/mol. The summed E-state index contributed by atoms with van der Waals surface area (Å²) in [7, 11) is 0. The van der Waals surface area contributed by atoms with Crippen molar-refractivity contribution in [3.05, 3.63) is 69.6 Å². The SMILES string of the molecule is Cc1cnc(N)c(C(=O)Cc2cnn3c2C(=O)N(c2ccc(C(F)(F)F)c(Cl)c2)C[C@@H]3C)c1.O=[C-][OH+]C(F)(F)F.S. The molecule has 1 aliphatic heterocycles. The summed E-state index contributed by atoms with van der Waals surface area (Å²) in [6.07, 6.45) is -6.49. The summed E-state index contributed by atoms with van der Waals surface area (Å²) >= 11 is 5.85. The van der Waals surface area contributed by atoms with Crippen molar-refractivity contribution in [2.45, 2.75) is 38.8 Å². The fourth-order valence-corrected chi connectivity index (χ4v) is 4.18. The molecule has 0 saturated heterocycles. The highest BCUT2D eigenvalue weighted by Gasteiger charge is 2.36. The van der Waals surface area contributed by atoms with E-state index < -0.39 is 29.0 Å². The molecule has 1 aliphatic rings. The number of hydrogen-bond acceptors (Lipinski definition) is 6. The number of Topliss-reactive ketones (excluding diaryl/α,β-unsaturated/α-hetero) is 1. The number of aliphatic hydroxyl groups is 1. The van der Waals surface area contributed by atoms with Crippen molar-refractivity contribution in [1.82, 2.24) is 14.8 Å². The maximum absolute atomic E-state index is 13.3. The molecule has 1 aromatic carbocycles. The van der Waals surface area contributed by atoms with Crippen molar-refractivity contribution in [1.29, 1.82) is 0 Å². The Balaban J connectivity index is 0.000000655. The molecule has 0 bridgehead atoms. The van der Waals surface area contributed by atoms with E-state index in [4.69, 9.17) is 22.1 Å². The molecular weight excluding hydrogens is 604 g/mol. The first-order valence-electron chi connectivity index (χ1n) is 11.2. The van der Waals surface area contributed by atoms with Crippen LogP contribution in [0.3, 0.4) is 0 Å². The average Bonchev–Trinajstić information content (AvgIpc) is 3.26. The second kappa shape index (κ2) is 12.8. The van der Waals surface area contributed by atoms with Crippen molar-refractivity contribution in [2.24, 2.45) is 0 Å². The summed E-state index contributed by atoms with van der Waals surface area (Å²) in [4.78, 5) is 40.4. The van der Waals surface area contributed by atoms with Gasteiger partial charge in [0.05, 0.1) is 28.4 Å². The maximum Gasteiger partial charge on any atom is 0.591 e. The summed E-state index contributed by atoms with van der Waals surface area (Å²) in [6.45, 7) is 4.13. The Morgan fingerprint density at radius 3 is 2.39 bits per heavy atom. The van der Waals surface area contributed by atoms with E-state index in [0.29, 0.717) is 12.0 Å². The van der Waals surface area contributed by atoms with E-state index in [-0.39, 0.29) is 61.0 Å². The minimum absolute atomic E-state index is 0. The van der Waals surface area contributed by atoms with Crippen LogP contribution in [0.5, 0.6) is 0 Å². The van der Waals surface area contributed by atoms with Crippen LogP contribution in [0.1, 0.15) is 50.5 Å². The topological polar surface area (TPSA) is 124 Å². The fraction of sp³-hybridized carbons (Fsp3) is 0.292. The van der Waals surface area contributed by atoms with Crippen molar-refractivity contribution >= 4 is 54.8 Å². The molecule has 41 heavy (non-hydrogen) atoms. The van der Waals surface area contributed by atoms with Gasteiger partial charge < -0.3 is 15.4 Å². The van der Waals surface area contributed by atoms with Gasteiger partial charge in [-0.3, -0.25) is 14.3 Å². The highest BCUT2D eigenvalue weighted by Crippen LogP contribution is 2.38. The minimum atomic E-state index is -4.75. The van der Waals surface area contributed by atoms with Gasteiger partial charge in [-0.05, 0) is 43.7 Å². The smallest absolute Gasteiger partial charge is 0.591 e. The molecule has 2 aromatic heterocycles. The molecule has 0 unspecified atom stereocenters. The van der Waals surface area contributed by atoms with Crippen LogP contribution >= 0.6 is 25.1 Å². The molecule has 1 amide bonds. The summed E-state index contributed by atoms with van der Waals surface area (Å²) in [5.41, 5.74) is 6.68. The lowest BCUT2D eigenvalue weighted by Gasteiger charge is -2.32. The van der Waals surface area contributed by atoms with Crippen molar-refractivity contribution < 1.29 is 45.5 Å². The minimum Gasteiger partial charge on any atom is -0.640 e. The molecule has 3 aromatic rings. The number of fused-ring (bicyclic) bond motifs is 1. The normalized spacial score (nSPS) is 14.8. The van der Waals surface area contributed by atoms with Gasteiger partial charge in [-0.1, -0.05) is 11.6 Å². The number of alkyl halides is 6. The van der Waals surface area contributed by atoms with Crippen LogP contribution in [0.15, 0.2) is 36.7 Å². The number of nitrogens with zero attached hydrogens (tertiary/aromatic N) is 4. The number of aromatic nitrogens is 3. The third-order valence-electron chi connectivity index (χ3n) is 5.63. The highest BCUT2D eigenvalue weighted by atomic mass is 35.5. The zero-order valence-corrected chi connectivity index (χ0v) is 22.9. The van der Waals surface area contributed by atoms with E-state index in [1.165, 1.54) is 26.6 Å². The number of halogens is 7. The first-order chi connectivity index (χ1) is 18.5. The van der Waals surface area contributed by atoms with Crippen LogP contribution in [0.2, 0.25) is 5.02 Å². The molecule has 17 heteroatoms. The van der Waals surface area contributed by atoms with Crippen LogP contribution in [0, 0.1) is 6.92 Å². The van der Waals surface area contributed by atoms with Crippen molar-refractivity contribution in [3.8, 4) is 0 Å². The third-order valence-corrected chi connectivity index (χ3v) is 5.94. The molecule has 3 heterocycles. The summed E-state index contributed by atoms with van der Waals surface area (Å²) in [6, 6.07) is 4.51. The van der Waals surface area contributed by atoms with Crippen LogP contribution in [0.25, 0.3) is 0 Å². The lowest BCUT2D eigenvalue weighted by Crippen LogP contribution is -2.43. The molecule has 222 valence electrons. The second-order valence-corrected chi connectivity index (χ2v) is 9.01. The third kappa shape index (κ3) is 7.91. The molecule has 0 aliphatic carbocycles. The average molecular weight is 626 g/mol. The van der Waals surface area contributed by atoms with Gasteiger partial charge in [-0.25, -0.2) is 9.78 Å². The van der Waals surface area contributed by atoms with Crippen LogP contribution in [-0.4, -0.2) is 50.6 Å². The number of ether oxygens (including phenoxy) is 1. The number of nitrogen functional groups attached to an aromatic ring is 1. The van der Waals surface area contributed by atoms with Crippen LogP contribution < -0.4 is 10.6 Å². The first-order valence-corrected chi connectivity index (χ1v) is 11.6. The number of anilines is 2. The Morgan fingerprint density at radius 1 is 1.20 bits per heavy atom. The molecule has 0 radical (unpaired) electrons. The Bertz CT molecular complexity index is 1450. The van der Waals surface area contributed by atoms with Gasteiger partial charge in [-0.15, -0.1) is 13.2 Å². The summed E-state index contributed by atoms with van der Waals surface area (Å²) in [5.74, 6) is -0.721. The number of amides is 1. The number of carbonyl (C=O) groups is 2. The summed E-state index contributed by atoms with van der Waals surface area (Å²) in [5, 5.41) is 3.76. The van der Waals surface area contributed by atoms with E-state index in [9.17, 15) is 35.9 Å². The molecule has 0 spiro atoms. The van der Waals surface area contributed by atoms with E-state index in [2.05, 4.69) is 10.1 Å². The van der Waals surface area contributed by atoms with E-state index >= 15 is 0 Å². The number of carbonyl (C=O) groups excluding carboxylic acids is 2. The number of aryl methyl sites for hydroxylation is 1.